The topological polar surface area (TPSA) is 70.4 Å². The van der Waals surface area contributed by atoms with E-state index in [1.807, 2.05) is 0 Å². The third-order valence-corrected chi connectivity index (χ3v) is 6.03. The second-order valence-corrected chi connectivity index (χ2v) is 8.16. The van der Waals surface area contributed by atoms with Gasteiger partial charge in [0.15, 0.2) is 22.4 Å². The summed E-state index contributed by atoms with van der Waals surface area (Å²) in [5.74, 6) is -0.901. The Bertz CT molecular complexity index is 1450. The molecule has 33 heavy (non-hydrogen) atoms. The second-order valence-electron chi connectivity index (χ2n) is 7.22. The highest BCUT2D eigenvalue weighted by molar-refractivity contribution is 7.99. The zero-order chi connectivity index (χ0) is 22.9. The summed E-state index contributed by atoms with van der Waals surface area (Å²) in [6, 6.07) is 14.5. The Labute approximate surface area is 190 Å². The number of nitrogens with zero attached hydrogens (tertiary/aromatic N) is 2. The molecule has 0 saturated heterocycles. The van der Waals surface area contributed by atoms with Crippen molar-refractivity contribution in [3.05, 3.63) is 88.2 Å². The smallest absolute Gasteiger partial charge is 0.266 e. The van der Waals surface area contributed by atoms with Crippen molar-refractivity contribution < 1.29 is 23.0 Å². The quantitative estimate of drug-likeness (QED) is 0.247. The van der Waals surface area contributed by atoms with Crippen LogP contribution >= 0.6 is 11.8 Å². The summed E-state index contributed by atoms with van der Waals surface area (Å²) in [6.45, 7) is 0.844. The molecule has 166 valence electrons. The van der Waals surface area contributed by atoms with E-state index in [1.54, 1.807) is 42.5 Å². The van der Waals surface area contributed by atoms with Gasteiger partial charge < -0.3 is 9.47 Å². The van der Waals surface area contributed by atoms with Gasteiger partial charge in [0.05, 0.1) is 22.3 Å². The fraction of sp³-hybridized carbons (Fsp3) is 0.125. The number of ether oxygens (including phenoxy) is 2. The number of Topliss-reactive ketones (excluding diaryl/α,β-unsaturated/α-hetero) is 1. The predicted octanol–water partition coefficient (Wildman–Crippen LogP) is 4.41. The summed E-state index contributed by atoms with van der Waals surface area (Å²) in [6.07, 6.45) is 0. The normalized spacial score (nSPS) is 12.7. The Hall–Kier alpha value is -3.72. The molecule has 2 heterocycles. The van der Waals surface area contributed by atoms with Gasteiger partial charge in [-0.1, -0.05) is 23.9 Å². The maximum absolute atomic E-state index is 14.6. The minimum atomic E-state index is -0.908. The highest BCUT2D eigenvalue weighted by Crippen LogP contribution is 2.31. The molecule has 3 aromatic carbocycles. The third-order valence-electron chi connectivity index (χ3n) is 5.09. The van der Waals surface area contributed by atoms with Crippen LogP contribution in [0.4, 0.5) is 8.78 Å². The van der Waals surface area contributed by atoms with Crippen LogP contribution in [0.5, 0.6) is 11.5 Å². The van der Waals surface area contributed by atoms with Crippen LogP contribution in [0.3, 0.4) is 0 Å². The number of aromatic nitrogens is 2. The van der Waals surface area contributed by atoms with E-state index in [-0.39, 0.29) is 27.8 Å². The molecule has 0 spiro atoms. The van der Waals surface area contributed by atoms with E-state index < -0.39 is 17.2 Å². The van der Waals surface area contributed by atoms with Gasteiger partial charge in [-0.05, 0) is 42.5 Å². The molecular formula is C24H16F2N2O4S. The Balaban J connectivity index is 1.52. The van der Waals surface area contributed by atoms with Crippen LogP contribution in [-0.2, 0) is 0 Å². The lowest BCUT2D eigenvalue weighted by atomic mass is 10.1. The number of carbonyl (C=O) groups excluding carboxylic acids is 1. The molecule has 0 fully saturated rings. The number of benzene rings is 3. The Kier molecular flexibility index (Phi) is 5.55. The van der Waals surface area contributed by atoms with E-state index in [1.165, 1.54) is 6.07 Å². The summed E-state index contributed by atoms with van der Waals surface area (Å²) in [5, 5.41) is 0.402. The fourth-order valence-electron chi connectivity index (χ4n) is 3.51. The SMILES string of the molecule is O=C(CSc1nc2ccccc2c(=O)n1-c1ccc(F)cc1F)c1ccc2c(c1)OCCO2. The van der Waals surface area contributed by atoms with Crippen molar-refractivity contribution in [2.24, 2.45) is 0 Å². The van der Waals surface area contributed by atoms with Crippen LogP contribution in [-0.4, -0.2) is 34.3 Å². The van der Waals surface area contributed by atoms with Crippen LogP contribution < -0.4 is 15.0 Å². The number of rotatable bonds is 5. The van der Waals surface area contributed by atoms with E-state index in [4.69, 9.17) is 9.47 Å². The Morgan fingerprint density at radius 1 is 1.00 bits per heavy atom. The summed E-state index contributed by atoms with van der Waals surface area (Å²) >= 11 is 0.994. The lowest BCUT2D eigenvalue weighted by molar-refractivity contribution is 0.102. The predicted molar refractivity (Wildman–Crippen MR) is 120 cm³/mol. The lowest BCUT2D eigenvalue weighted by Gasteiger charge is -2.18. The number of fused-ring (bicyclic) bond motifs is 2. The average molecular weight is 466 g/mol. The average Bonchev–Trinajstić information content (AvgIpc) is 2.83. The van der Waals surface area contributed by atoms with E-state index in [2.05, 4.69) is 4.98 Å². The second kappa shape index (κ2) is 8.67. The molecule has 0 saturated carbocycles. The molecule has 4 aromatic rings. The summed E-state index contributed by atoms with van der Waals surface area (Å²) in [7, 11) is 0. The molecule has 9 heteroatoms. The maximum Gasteiger partial charge on any atom is 0.266 e. The van der Waals surface area contributed by atoms with Crippen molar-refractivity contribution in [3.8, 4) is 17.2 Å². The van der Waals surface area contributed by atoms with E-state index >= 15 is 0 Å². The van der Waals surface area contributed by atoms with Gasteiger partial charge in [0.2, 0.25) is 0 Å². The van der Waals surface area contributed by atoms with Gasteiger partial charge in [-0.25, -0.2) is 13.8 Å². The Morgan fingerprint density at radius 3 is 2.61 bits per heavy atom. The Morgan fingerprint density at radius 2 is 1.79 bits per heavy atom. The number of halogens is 2. The van der Waals surface area contributed by atoms with E-state index in [9.17, 15) is 18.4 Å². The van der Waals surface area contributed by atoms with E-state index in [0.717, 1.165) is 22.4 Å². The molecule has 0 atom stereocenters. The van der Waals surface area contributed by atoms with Gasteiger partial charge in [0, 0.05) is 11.6 Å². The lowest BCUT2D eigenvalue weighted by Crippen LogP contribution is -2.23. The van der Waals surface area contributed by atoms with Gasteiger partial charge >= 0.3 is 0 Å². The molecule has 1 aromatic heterocycles. The molecule has 0 N–H and O–H groups in total. The van der Waals surface area contributed by atoms with Crippen molar-refractivity contribution in [3.63, 3.8) is 0 Å². The molecular weight excluding hydrogens is 450 g/mol. The summed E-state index contributed by atoms with van der Waals surface area (Å²) < 4.78 is 40.1. The summed E-state index contributed by atoms with van der Waals surface area (Å²) in [4.78, 5) is 30.5. The van der Waals surface area contributed by atoms with Gasteiger partial charge in [0.25, 0.3) is 5.56 Å². The first kappa shape index (κ1) is 21.1. The number of hydrogen-bond donors (Lipinski definition) is 0. The van der Waals surface area contributed by atoms with Gasteiger partial charge in [-0.3, -0.25) is 14.2 Å². The number of thioether (sulfide) groups is 1. The number of hydrogen-bond acceptors (Lipinski definition) is 6. The summed E-state index contributed by atoms with van der Waals surface area (Å²) in [5.41, 5.74) is 0.166. The first-order valence-electron chi connectivity index (χ1n) is 10.0. The number of carbonyl (C=O) groups is 1. The van der Waals surface area contributed by atoms with Crippen LogP contribution in [0.25, 0.3) is 16.6 Å². The minimum Gasteiger partial charge on any atom is -0.486 e. The zero-order valence-corrected chi connectivity index (χ0v) is 17.9. The van der Waals surface area contributed by atoms with E-state index in [0.29, 0.717) is 41.9 Å². The van der Waals surface area contributed by atoms with Gasteiger partial charge in [-0.2, -0.15) is 0 Å². The largest absolute Gasteiger partial charge is 0.486 e. The maximum atomic E-state index is 14.6. The fourth-order valence-corrected chi connectivity index (χ4v) is 4.41. The van der Waals surface area contributed by atoms with Crippen molar-refractivity contribution in [1.29, 1.82) is 0 Å². The van der Waals surface area contributed by atoms with Crippen molar-refractivity contribution in [2.75, 3.05) is 19.0 Å². The van der Waals surface area contributed by atoms with Gasteiger partial charge in [-0.15, -0.1) is 0 Å². The molecule has 0 unspecified atom stereocenters. The molecule has 0 radical (unpaired) electrons. The minimum absolute atomic E-state index is 0.0623. The highest BCUT2D eigenvalue weighted by Gasteiger charge is 2.19. The van der Waals surface area contributed by atoms with Crippen LogP contribution in [0.15, 0.2) is 70.6 Å². The first-order chi connectivity index (χ1) is 16.0. The number of para-hydroxylation sites is 1. The molecule has 1 aliphatic rings. The van der Waals surface area contributed by atoms with Crippen LogP contribution in [0, 0.1) is 11.6 Å². The van der Waals surface area contributed by atoms with Crippen molar-refractivity contribution >= 4 is 28.4 Å². The highest BCUT2D eigenvalue weighted by atomic mass is 32.2. The van der Waals surface area contributed by atoms with Crippen LogP contribution in [0.2, 0.25) is 0 Å². The number of ketones is 1. The zero-order valence-electron chi connectivity index (χ0n) is 17.1. The molecule has 0 amide bonds. The standard InChI is InChI=1S/C24H16F2N2O4S/c25-15-6-7-19(17(26)12-15)28-23(30)16-3-1-2-4-18(16)27-24(28)33-13-20(29)14-5-8-21-22(11-14)32-10-9-31-21/h1-8,11-12H,9-10,13H2. The van der Waals surface area contributed by atoms with Crippen LogP contribution in [0.1, 0.15) is 10.4 Å². The first-order valence-corrected chi connectivity index (χ1v) is 11.0. The van der Waals surface area contributed by atoms with Crippen molar-refractivity contribution in [1.82, 2.24) is 9.55 Å². The third kappa shape index (κ3) is 4.07. The monoisotopic (exact) mass is 466 g/mol. The molecule has 0 aliphatic carbocycles. The van der Waals surface area contributed by atoms with Crippen molar-refractivity contribution in [2.45, 2.75) is 5.16 Å². The molecule has 6 nitrogen and oxygen atoms in total. The molecule has 5 rings (SSSR count). The van der Waals surface area contributed by atoms with Gasteiger partial charge in [0.1, 0.15) is 24.8 Å². The molecule has 1 aliphatic heterocycles. The molecule has 0 bridgehead atoms.